The Balaban J connectivity index is 0. The van der Waals surface area contributed by atoms with Crippen molar-refractivity contribution in [1.29, 1.82) is 0 Å². The molecular formula is C6H18N4. The van der Waals surface area contributed by atoms with Gasteiger partial charge in [0.25, 0.3) is 0 Å². The fourth-order valence-corrected chi connectivity index (χ4v) is 0.379. The maximum absolute atomic E-state index is 5.09. The first kappa shape index (κ1) is 12.0. The quantitative estimate of drug-likeness (QED) is 0.415. The highest BCUT2D eigenvalue weighted by atomic mass is 15.1. The van der Waals surface area contributed by atoms with E-state index in [1.807, 2.05) is 19.0 Å². The molecule has 0 aliphatic heterocycles. The highest BCUT2D eigenvalue weighted by Gasteiger charge is 1.85. The minimum absolute atomic E-state index is 0. The summed E-state index contributed by atoms with van der Waals surface area (Å²) in [6.07, 6.45) is 0. The molecule has 0 heterocycles. The number of hydrogen-bond acceptors (Lipinski definition) is 2. The van der Waals surface area contributed by atoms with Gasteiger partial charge in [-0.2, -0.15) is 0 Å². The molecule has 0 aliphatic carbocycles. The van der Waals surface area contributed by atoms with Gasteiger partial charge in [-0.05, 0) is 14.1 Å². The van der Waals surface area contributed by atoms with E-state index in [1.165, 1.54) is 0 Å². The molecule has 0 saturated heterocycles. The van der Waals surface area contributed by atoms with Gasteiger partial charge < -0.3 is 16.4 Å². The zero-order valence-corrected chi connectivity index (χ0v) is 5.96. The van der Waals surface area contributed by atoms with Crippen LogP contribution in [0.15, 0.2) is 4.99 Å². The normalized spacial score (nSPS) is 8.70. The Kier molecular flexibility index (Phi) is 7.60. The summed E-state index contributed by atoms with van der Waals surface area (Å²) in [5.74, 6) is 0.164. The lowest BCUT2D eigenvalue weighted by molar-refractivity contribution is 0.420. The van der Waals surface area contributed by atoms with Crippen molar-refractivity contribution in [3.8, 4) is 0 Å². The molecule has 0 fully saturated rings. The number of likely N-dealkylation sites (N-methyl/N-ethyl adjacent to an activating group) is 1. The molecule has 0 aromatic carbocycles. The number of hydrogen-bond donors (Lipinski definition) is 2. The van der Waals surface area contributed by atoms with E-state index >= 15 is 0 Å². The van der Waals surface area contributed by atoms with Crippen molar-refractivity contribution in [1.82, 2.24) is 4.90 Å². The van der Waals surface area contributed by atoms with Crippen LogP contribution in [0.2, 0.25) is 0 Å². The molecular weight excluding hydrogens is 128 g/mol. The molecule has 0 aliphatic rings. The minimum atomic E-state index is 0. The third-order valence-corrected chi connectivity index (χ3v) is 0.842. The maximum atomic E-state index is 5.09. The molecule has 4 N–H and O–H groups in total. The zero-order chi connectivity index (χ0) is 7.28. The van der Waals surface area contributed by atoms with Crippen molar-refractivity contribution in [2.75, 3.05) is 27.2 Å². The number of rotatable bonds is 3. The average molecular weight is 146 g/mol. The van der Waals surface area contributed by atoms with E-state index in [0.29, 0.717) is 6.54 Å². The van der Waals surface area contributed by atoms with Gasteiger partial charge in [-0.1, -0.05) is 7.43 Å². The lowest BCUT2D eigenvalue weighted by Gasteiger charge is -2.05. The molecule has 0 rings (SSSR count). The second kappa shape index (κ2) is 6.35. The van der Waals surface area contributed by atoms with E-state index in [-0.39, 0.29) is 13.4 Å². The van der Waals surface area contributed by atoms with Crippen molar-refractivity contribution in [3.05, 3.63) is 0 Å². The van der Waals surface area contributed by atoms with E-state index in [4.69, 9.17) is 11.5 Å². The van der Waals surface area contributed by atoms with Crippen LogP contribution in [0.3, 0.4) is 0 Å². The first-order chi connectivity index (χ1) is 4.13. The van der Waals surface area contributed by atoms with Crippen LogP contribution in [0.25, 0.3) is 0 Å². The fraction of sp³-hybridized carbons (Fsp3) is 0.833. The Morgan fingerprint density at radius 3 is 2.20 bits per heavy atom. The van der Waals surface area contributed by atoms with Crippen LogP contribution in [0.4, 0.5) is 0 Å². The fourth-order valence-electron chi connectivity index (χ4n) is 0.379. The summed E-state index contributed by atoms with van der Waals surface area (Å²) in [6.45, 7) is 1.56. The van der Waals surface area contributed by atoms with Crippen LogP contribution < -0.4 is 11.5 Å². The molecule has 4 heteroatoms. The lowest BCUT2D eigenvalue weighted by atomic mass is 10.6. The zero-order valence-electron chi connectivity index (χ0n) is 5.96. The first-order valence-corrected chi connectivity index (χ1v) is 2.83. The maximum Gasteiger partial charge on any atom is 0.185 e. The molecule has 0 spiro atoms. The largest absolute Gasteiger partial charge is 0.370 e. The van der Waals surface area contributed by atoms with Crippen LogP contribution in [0, 0.1) is 0 Å². The standard InChI is InChI=1S/C5H14N4.CH4/c1-9(2)4-3-8-5(6)7;/h3-4H2,1-2H3,(H4,6,7,8);1H4. The van der Waals surface area contributed by atoms with Crippen LogP contribution in [-0.4, -0.2) is 38.0 Å². The molecule has 0 aromatic rings. The monoisotopic (exact) mass is 146 g/mol. The third kappa shape index (κ3) is 10.3. The molecule has 0 unspecified atom stereocenters. The van der Waals surface area contributed by atoms with Crippen molar-refractivity contribution in [2.24, 2.45) is 16.5 Å². The summed E-state index contributed by atoms with van der Waals surface area (Å²) >= 11 is 0. The number of nitrogens with zero attached hydrogens (tertiary/aromatic N) is 2. The molecule has 0 saturated carbocycles. The predicted molar refractivity (Wildman–Crippen MR) is 46.0 cm³/mol. The topological polar surface area (TPSA) is 67.6 Å². The van der Waals surface area contributed by atoms with Crippen LogP contribution >= 0.6 is 0 Å². The molecule has 0 radical (unpaired) electrons. The summed E-state index contributed by atoms with van der Waals surface area (Å²) in [4.78, 5) is 5.82. The average Bonchev–Trinajstić information content (AvgIpc) is 1.63. The Hall–Kier alpha value is -0.770. The molecule has 0 amide bonds. The molecule has 0 bridgehead atoms. The van der Waals surface area contributed by atoms with Gasteiger partial charge in [-0.25, -0.2) is 0 Å². The Morgan fingerprint density at radius 2 is 1.90 bits per heavy atom. The van der Waals surface area contributed by atoms with E-state index in [1.54, 1.807) is 0 Å². The van der Waals surface area contributed by atoms with E-state index in [0.717, 1.165) is 6.54 Å². The number of guanidine groups is 1. The van der Waals surface area contributed by atoms with Gasteiger partial charge in [0.2, 0.25) is 0 Å². The summed E-state index contributed by atoms with van der Waals surface area (Å²) in [5, 5.41) is 0. The highest BCUT2D eigenvalue weighted by molar-refractivity contribution is 5.75. The van der Waals surface area contributed by atoms with Crippen molar-refractivity contribution in [2.45, 2.75) is 7.43 Å². The lowest BCUT2D eigenvalue weighted by Crippen LogP contribution is -2.25. The van der Waals surface area contributed by atoms with Crippen molar-refractivity contribution in [3.63, 3.8) is 0 Å². The molecule has 0 aromatic heterocycles. The molecule has 10 heavy (non-hydrogen) atoms. The minimum Gasteiger partial charge on any atom is -0.370 e. The van der Waals surface area contributed by atoms with Gasteiger partial charge >= 0.3 is 0 Å². The molecule has 0 atom stereocenters. The Bertz CT molecular complexity index is 93.9. The predicted octanol–water partition coefficient (Wildman–Crippen LogP) is -0.542. The summed E-state index contributed by atoms with van der Waals surface area (Å²) in [7, 11) is 3.95. The van der Waals surface area contributed by atoms with E-state index < -0.39 is 0 Å². The molecule has 62 valence electrons. The summed E-state index contributed by atoms with van der Waals surface area (Å²) in [6, 6.07) is 0. The van der Waals surface area contributed by atoms with Crippen LogP contribution in [0.5, 0.6) is 0 Å². The summed E-state index contributed by atoms with van der Waals surface area (Å²) in [5.41, 5.74) is 10.2. The van der Waals surface area contributed by atoms with Crippen LogP contribution in [-0.2, 0) is 0 Å². The van der Waals surface area contributed by atoms with E-state index in [2.05, 4.69) is 4.99 Å². The third-order valence-electron chi connectivity index (χ3n) is 0.842. The van der Waals surface area contributed by atoms with E-state index in [9.17, 15) is 0 Å². The van der Waals surface area contributed by atoms with Gasteiger partial charge in [0, 0.05) is 6.54 Å². The second-order valence-electron chi connectivity index (χ2n) is 2.11. The van der Waals surface area contributed by atoms with Crippen LogP contribution in [0.1, 0.15) is 7.43 Å². The number of nitrogens with two attached hydrogens (primary N) is 2. The number of aliphatic imine (C=N–C) groups is 1. The van der Waals surface area contributed by atoms with Gasteiger partial charge in [0.15, 0.2) is 5.96 Å². The van der Waals surface area contributed by atoms with Gasteiger partial charge in [-0.3, -0.25) is 4.99 Å². The van der Waals surface area contributed by atoms with Crippen molar-refractivity contribution >= 4 is 5.96 Å². The first-order valence-electron chi connectivity index (χ1n) is 2.83. The molecule has 4 nitrogen and oxygen atoms in total. The van der Waals surface area contributed by atoms with Gasteiger partial charge in [-0.15, -0.1) is 0 Å². The summed E-state index contributed by atoms with van der Waals surface area (Å²) < 4.78 is 0. The highest BCUT2D eigenvalue weighted by Crippen LogP contribution is 1.73. The van der Waals surface area contributed by atoms with Gasteiger partial charge in [0.05, 0.1) is 6.54 Å². The second-order valence-corrected chi connectivity index (χ2v) is 2.11. The Morgan fingerprint density at radius 1 is 1.40 bits per heavy atom. The Labute approximate surface area is 62.9 Å². The SMILES string of the molecule is C.CN(C)CCN=C(N)N. The van der Waals surface area contributed by atoms with Gasteiger partial charge in [0.1, 0.15) is 0 Å². The smallest absolute Gasteiger partial charge is 0.185 e. The van der Waals surface area contributed by atoms with Crippen molar-refractivity contribution < 1.29 is 0 Å².